The van der Waals surface area contributed by atoms with Gasteiger partial charge < -0.3 is 21.1 Å². The Morgan fingerprint density at radius 1 is 1.08 bits per heavy atom. The lowest BCUT2D eigenvalue weighted by Gasteiger charge is -2.16. The number of aliphatic carboxylic acids is 1. The third kappa shape index (κ3) is 3.70. The summed E-state index contributed by atoms with van der Waals surface area (Å²) in [5, 5.41) is 13.1. The number of carboxylic acids is 1. The highest BCUT2D eigenvalue weighted by Crippen LogP contribution is 2.19. The molecule has 0 aliphatic rings. The van der Waals surface area contributed by atoms with E-state index in [1.54, 1.807) is 18.3 Å². The lowest BCUT2D eigenvalue weighted by Crippen LogP contribution is -2.62. The summed E-state index contributed by atoms with van der Waals surface area (Å²) in [6.45, 7) is 0. The lowest BCUT2D eigenvalue weighted by molar-refractivity contribution is -0.409. The molecule has 25 heavy (non-hydrogen) atoms. The largest absolute Gasteiger partial charge is 0.480 e. The minimum atomic E-state index is -1.07. The molecule has 3 rings (SSSR count). The van der Waals surface area contributed by atoms with Crippen LogP contribution in [0.1, 0.15) is 17.2 Å². The molecule has 6 N–H and O–H groups in total. The molecule has 0 bridgehead atoms. The molecule has 0 radical (unpaired) electrons. The van der Waals surface area contributed by atoms with Crippen LogP contribution in [0, 0.1) is 0 Å². The number of hydrogen-bond acceptors (Lipinski definition) is 2. The number of benzene rings is 2. The molecule has 0 saturated carbocycles. The standard InChI is InChI=1S/C19H19N3O3/c20-17(12-6-2-1-3-7-12)18(23)22-16(19(24)25)10-13-11-21-15-9-5-4-8-14(13)15/h1-9,11,16-17,21H,10,20H2,(H,22,23)(H,24,25)/p+1/t16-,17+/m0/s1. The molecule has 0 aliphatic carbocycles. The number of aromatic nitrogens is 1. The maximum atomic E-state index is 12.4. The van der Waals surface area contributed by atoms with Gasteiger partial charge in [-0.25, -0.2) is 4.79 Å². The second-order valence-corrected chi connectivity index (χ2v) is 5.93. The molecule has 0 unspecified atom stereocenters. The second-order valence-electron chi connectivity index (χ2n) is 5.93. The number of amides is 1. The van der Waals surface area contributed by atoms with Crippen molar-refractivity contribution in [1.82, 2.24) is 10.3 Å². The fourth-order valence-electron chi connectivity index (χ4n) is 2.83. The fraction of sp³-hybridized carbons (Fsp3) is 0.158. The summed E-state index contributed by atoms with van der Waals surface area (Å²) in [6, 6.07) is 15.1. The number of aromatic amines is 1. The maximum absolute atomic E-state index is 12.4. The van der Waals surface area contributed by atoms with Gasteiger partial charge >= 0.3 is 5.97 Å². The van der Waals surface area contributed by atoms with Gasteiger partial charge in [0, 0.05) is 29.1 Å². The molecule has 1 heterocycles. The first kappa shape index (κ1) is 16.7. The number of hydrogen-bond donors (Lipinski definition) is 4. The SMILES string of the molecule is [NH3+][C@@H](C(=O)N[C@@H](Cc1c[nH]c2ccccc12)C(=O)O)c1ccccc1. The van der Waals surface area contributed by atoms with Crippen molar-refractivity contribution in [2.24, 2.45) is 0 Å². The number of carbonyl (C=O) groups is 2. The number of fused-ring (bicyclic) bond motifs is 1. The summed E-state index contributed by atoms with van der Waals surface area (Å²) < 4.78 is 0. The monoisotopic (exact) mass is 338 g/mol. The van der Waals surface area contributed by atoms with Gasteiger partial charge in [-0.3, -0.25) is 4.79 Å². The van der Waals surface area contributed by atoms with Crippen molar-refractivity contribution in [2.45, 2.75) is 18.5 Å². The molecule has 6 heteroatoms. The predicted octanol–water partition coefficient (Wildman–Crippen LogP) is 1.26. The van der Waals surface area contributed by atoms with Crippen LogP contribution in [0.25, 0.3) is 10.9 Å². The zero-order chi connectivity index (χ0) is 17.8. The Morgan fingerprint density at radius 2 is 1.76 bits per heavy atom. The molecule has 2 aromatic carbocycles. The van der Waals surface area contributed by atoms with E-state index in [9.17, 15) is 14.7 Å². The summed E-state index contributed by atoms with van der Waals surface area (Å²) in [5.74, 6) is -1.47. The van der Waals surface area contributed by atoms with Crippen molar-refractivity contribution >= 4 is 22.8 Å². The van der Waals surface area contributed by atoms with Gasteiger partial charge in [-0.15, -0.1) is 0 Å². The molecule has 6 nitrogen and oxygen atoms in total. The van der Waals surface area contributed by atoms with E-state index < -0.39 is 24.0 Å². The fourth-order valence-corrected chi connectivity index (χ4v) is 2.83. The van der Waals surface area contributed by atoms with Crippen LogP contribution < -0.4 is 11.1 Å². The Bertz CT molecular complexity index is 889. The van der Waals surface area contributed by atoms with E-state index >= 15 is 0 Å². The molecular formula is C19H20N3O3+. The van der Waals surface area contributed by atoms with Crippen molar-refractivity contribution in [3.05, 3.63) is 71.9 Å². The molecular weight excluding hydrogens is 318 g/mol. The van der Waals surface area contributed by atoms with Crippen LogP contribution in [0.5, 0.6) is 0 Å². The lowest BCUT2D eigenvalue weighted by atomic mass is 10.0. The average Bonchev–Trinajstić information content (AvgIpc) is 3.04. The summed E-state index contributed by atoms with van der Waals surface area (Å²) in [4.78, 5) is 27.1. The van der Waals surface area contributed by atoms with E-state index in [0.717, 1.165) is 22.0 Å². The number of para-hydroxylation sites is 1. The molecule has 0 saturated heterocycles. The molecule has 0 aliphatic heterocycles. The van der Waals surface area contributed by atoms with Crippen LogP contribution in [-0.2, 0) is 16.0 Å². The number of H-pyrrole nitrogens is 1. The molecule has 128 valence electrons. The average molecular weight is 338 g/mol. The van der Waals surface area contributed by atoms with Crippen molar-refractivity contribution < 1.29 is 20.4 Å². The van der Waals surface area contributed by atoms with Crippen molar-refractivity contribution in [3.8, 4) is 0 Å². The highest BCUT2D eigenvalue weighted by molar-refractivity contribution is 5.88. The minimum absolute atomic E-state index is 0.201. The van der Waals surface area contributed by atoms with Crippen LogP contribution in [-0.4, -0.2) is 28.0 Å². The van der Waals surface area contributed by atoms with Gasteiger partial charge in [0.1, 0.15) is 6.04 Å². The Balaban J connectivity index is 1.75. The molecule has 3 aromatic rings. The Labute approximate surface area is 144 Å². The highest BCUT2D eigenvalue weighted by Gasteiger charge is 2.27. The van der Waals surface area contributed by atoms with Crippen LogP contribution >= 0.6 is 0 Å². The molecule has 1 amide bonds. The van der Waals surface area contributed by atoms with E-state index in [1.165, 1.54) is 0 Å². The van der Waals surface area contributed by atoms with Crippen molar-refractivity contribution in [2.75, 3.05) is 0 Å². The highest BCUT2D eigenvalue weighted by atomic mass is 16.4. The van der Waals surface area contributed by atoms with Gasteiger partial charge in [-0.1, -0.05) is 48.5 Å². The maximum Gasteiger partial charge on any atom is 0.326 e. The van der Waals surface area contributed by atoms with E-state index in [2.05, 4.69) is 16.0 Å². The normalized spacial score (nSPS) is 13.3. The number of nitrogens with one attached hydrogen (secondary N) is 2. The third-order valence-electron chi connectivity index (χ3n) is 4.23. The van der Waals surface area contributed by atoms with Crippen molar-refractivity contribution in [3.63, 3.8) is 0 Å². The first-order chi connectivity index (χ1) is 12.1. The van der Waals surface area contributed by atoms with E-state index in [4.69, 9.17) is 0 Å². The van der Waals surface area contributed by atoms with E-state index in [1.807, 2.05) is 42.5 Å². The quantitative estimate of drug-likeness (QED) is 0.543. The first-order valence-electron chi connectivity index (χ1n) is 8.02. The molecule has 0 spiro atoms. The minimum Gasteiger partial charge on any atom is -0.480 e. The van der Waals surface area contributed by atoms with Crippen LogP contribution in [0.3, 0.4) is 0 Å². The first-order valence-corrected chi connectivity index (χ1v) is 8.02. The topological polar surface area (TPSA) is 110 Å². The number of carboxylic acid groups (broad SMARTS) is 1. The Morgan fingerprint density at radius 3 is 2.48 bits per heavy atom. The van der Waals surface area contributed by atoms with Gasteiger partial charge in [0.25, 0.3) is 5.91 Å². The van der Waals surface area contributed by atoms with Crippen LogP contribution in [0.2, 0.25) is 0 Å². The summed E-state index contributed by atoms with van der Waals surface area (Å²) in [5.41, 5.74) is 6.39. The zero-order valence-corrected chi connectivity index (χ0v) is 13.6. The second kappa shape index (κ2) is 7.19. The van der Waals surface area contributed by atoms with Gasteiger partial charge in [0.05, 0.1) is 0 Å². The van der Waals surface area contributed by atoms with Crippen LogP contribution in [0.4, 0.5) is 0 Å². The number of carbonyl (C=O) groups excluding carboxylic acids is 1. The predicted molar refractivity (Wildman–Crippen MR) is 93.6 cm³/mol. The molecule has 1 aromatic heterocycles. The molecule has 0 fully saturated rings. The summed E-state index contributed by atoms with van der Waals surface area (Å²) in [6.07, 6.45) is 1.98. The van der Waals surface area contributed by atoms with Crippen molar-refractivity contribution in [1.29, 1.82) is 0 Å². The van der Waals surface area contributed by atoms with Gasteiger partial charge in [-0.05, 0) is 11.6 Å². The van der Waals surface area contributed by atoms with Gasteiger partial charge in [0.15, 0.2) is 6.04 Å². The smallest absolute Gasteiger partial charge is 0.326 e. The Hall–Kier alpha value is -3.12. The van der Waals surface area contributed by atoms with Gasteiger partial charge in [-0.2, -0.15) is 0 Å². The van der Waals surface area contributed by atoms with Crippen LogP contribution in [0.15, 0.2) is 60.8 Å². The zero-order valence-electron chi connectivity index (χ0n) is 13.6. The van der Waals surface area contributed by atoms with E-state index in [-0.39, 0.29) is 6.42 Å². The van der Waals surface area contributed by atoms with E-state index in [0.29, 0.717) is 0 Å². The number of rotatable bonds is 6. The molecule has 2 atom stereocenters. The van der Waals surface area contributed by atoms with Gasteiger partial charge in [0.2, 0.25) is 0 Å². The summed E-state index contributed by atoms with van der Waals surface area (Å²) in [7, 11) is 0. The number of quaternary nitrogens is 1. The third-order valence-corrected chi connectivity index (χ3v) is 4.23. The Kier molecular flexibility index (Phi) is 4.81. The summed E-state index contributed by atoms with van der Waals surface area (Å²) >= 11 is 0.